The van der Waals surface area contributed by atoms with E-state index < -0.39 is 18.0 Å². The molecule has 1 aliphatic rings. The Bertz CT molecular complexity index is 1200. The van der Waals surface area contributed by atoms with Gasteiger partial charge in [0.2, 0.25) is 5.91 Å². The molecule has 3 aromatic carbocycles. The Morgan fingerprint density at radius 1 is 0.882 bits per heavy atom. The highest BCUT2D eigenvalue weighted by Crippen LogP contribution is 2.31. The number of benzene rings is 3. The number of hydrogen-bond donors (Lipinski definition) is 1. The molecule has 34 heavy (non-hydrogen) atoms. The highest BCUT2D eigenvalue weighted by molar-refractivity contribution is 6.22. The Labute approximate surface area is 197 Å². The van der Waals surface area contributed by atoms with E-state index in [2.05, 4.69) is 5.32 Å². The van der Waals surface area contributed by atoms with Gasteiger partial charge >= 0.3 is 6.03 Å². The zero-order valence-electron chi connectivity index (χ0n) is 18.9. The Morgan fingerprint density at radius 2 is 1.56 bits per heavy atom. The molecule has 4 amide bonds. The van der Waals surface area contributed by atoms with E-state index in [0.717, 1.165) is 10.5 Å². The van der Waals surface area contributed by atoms with Gasteiger partial charge in [0.25, 0.3) is 5.91 Å². The number of para-hydroxylation sites is 1. The summed E-state index contributed by atoms with van der Waals surface area (Å²) in [4.78, 5) is 42.2. The number of nitrogens with one attached hydrogen (secondary N) is 1. The van der Waals surface area contributed by atoms with Gasteiger partial charge in [-0.1, -0.05) is 36.4 Å². The molecule has 1 fully saturated rings. The summed E-state index contributed by atoms with van der Waals surface area (Å²) in [5.74, 6) is 0.325. The number of rotatable bonds is 8. The molecule has 0 bridgehead atoms. The molecular formula is C26H25N3O5. The van der Waals surface area contributed by atoms with Gasteiger partial charge in [0, 0.05) is 18.3 Å². The van der Waals surface area contributed by atoms with Gasteiger partial charge in [-0.05, 0) is 42.0 Å². The lowest BCUT2D eigenvalue weighted by Gasteiger charge is -2.22. The maximum Gasteiger partial charge on any atom is 0.332 e. The maximum absolute atomic E-state index is 13.5. The van der Waals surface area contributed by atoms with Crippen molar-refractivity contribution in [1.29, 1.82) is 0 Å². The van der Waals surface area contributed by atoms with E-state index in [1.807, 2.05) is 18.2 Å². The molecule has 0 aliphatic carbocycles. The Balaban J connectivity index is 1.63. The van der Waals surface area contributed by atoms with Gasteiger partial charge in [0.05, 0.1) is 26.3 Å². The van der Waals surface area contributed by atoms with Crippen LogP contribution in [0.15, 0.2) is 78.9 Å². The number of amides is 4. The molecule has 1 aliphatic heterocycles. The molecule has 0 radical (unpaired) electrons. The first-order chi connectivity index (χ1) is 16.5. The van der Waals surface area contributed by atoms with Crippen LogP contribution in [0.2, 0.25) is 0 Å². The van der Waals surface area contributed by atoms with Crippen molar-refractivity contribution in [2.45, 2.75) is 19.0 Å². The predicted molar refractivity (Wildman–Crippen MR) is 128 cm³/mol. The average Bonchev–Trinajstić information content (AvgIpc) is 3.08. The second-order valence-electron chi connectivity index (χ2n) is 7.77. The van der Waals surface area contributed by atoms with Gasteiger partial charge in [-0.2, -0.15) is 0 Å². The number of methoxy groups -OCH3 is 2. The lowest BCUT2D eigenvalue weighted by molar-refractivity contribution is -0.124. The molecule has 8 nitrogen and oxygen atoms in total. The van der Waals surface area contributed by atoms with Crippen LogP contribution in [0.1, 0.15) is 12.0 Å². The summed E-state index contributed by atoms with van der Waals surface area (Å²) in [5, 5.41) is 2.79. The summed E-state index contributed by atoms with van der Waals surface area (Å²) in [7, 11) is 3.07. The Kier molecular flexibility index (Phi) is 6.77. The van der Waals surface area contributed by atoms with Crippen LogP contribution in [-0.4, -0.2) is 43.0 Å². The summed E-state index contributed by atoms with van der Waals surface area (Å²) in [5.41, 5.74) is 1.78. The first-order valence-corrected chi connectivity index (χ1v) is 10.8. The number of urea groups is 1. The van der Waals surface area contributed by atoms with Crippen molar-refractivity contribution in [2.75, 3.05) is 24.4 Å². The number of nitrogens with zero attached hydrogens (tertiary/aromatic N) is 2. The molecule has 1 N–H and O–H groups in total. The van der Waals surface area contributed by atoms with Gasteiger partial charge in [-0.25, -0.2) is 9.69 Å². The first-order valence-electron chi connectivity index (χ1n) is 10.8. The molecule has 0 spiro atoms. The minimum Gasteiger partial charge on any atom is -0.497 e. The highest BCUT2D eigenvalue weighted by atomic mass is 16.5. The van der Waals surface area contributed by atoms with Crippen LogP contribution in [0.3, 0.4) is 0 Å². The minimum absolute atomic E-state index is 0.144. The summed E-state index contributed by atoms with van der Waals surface area (Å²) in [6, 6.07) is 21.5. The minimum atomic E-state index is -0.964. The highest BCUT2D eigenvalue weighted by Gasteiger charge is 2.46. The van der Waals surface area contributed by atoms with Crippen LogP contribution in [0.5, 0.6) is 11.5 Å². The Hall–Kier alpha value is -4.33. The maximum atomic E-state index is 13.5. The van der Waals surface area contributed by atoms with Crippen molar-refractivity contribution in [3.8, 4) is 11.5 Å². The smallest absolute Gasteiger partial charge is 0.332 e. The monoisotopic (exact) mass is 459 g/mol. The molecule has 1 atom stereocenters. The van der Waals surface area contributed by atoms with Crippen LogP contribution in [0.25, 0.3) is 0 Å². The molecule has 174 valence electrons. The fourth-order valence-electron chi connectivity index (χ4n) is 3.88. The lowest BCUT2D eigenvalue weighted by atomic mass is 10.1. The number of ether oxygens (including phenoxy) is 2. The summed E-state index contributed by atoms with van der Waals surface area (Å²) >= 11 is 0. The molecule has 3 aromatic rings. The Morgan fingerprint density at radius 3 is 2.26 bits per heavy atom. The van der Waals surface area contributed by atoms with Gasteiger partial charge < -0.3 is 19.7 Å². The van der Waals surface area contributed by atoms with Crippen molar-refractivity contribution in [2.24, 2.45) is 0 Å². The topological polar surface area (TPSA) is 88.2 Å². The van der Waals surface area contributed by atoms with Gasteiger partial charge in [-0.3, -0.25) is 9.59 Å². The number of carbonyl (C=O) groups excluding carboxylic acids is 3. The third kappa shape index (κ3) is 4.85. The molecule has 0 saturated carbocycles. The average molecular weight is 460 g/mol. The molecule has 4 rings (SSSR count). The van der Waals surface area contributed by atoms with Crippen LogP contribution < -0.4 is 19.7 Å². The molecule has 1 heterocycles. The van der Waals surface area contributed by atoms with Gasteiger partial charge in [-0.15, -0.1) is 0 Å². The number of imide groups is 1. The fraction of sp³-hybridized carbons (Fsp3) is 0.192. The van der Waals surface area contributed by atoms with Crippen LogP contribution in [-0.2, 0) is 16.1 Å². The summed E-state index contributed by atoms with van der Waals surface area (Å²) in [6.45, 7) is 0.144. The second-order valence-corrected chi connectivity index (χ2v) is 7.77. The van der Waals surface area contributed by atoms with Crippen molar-refractivity contribution < 1.29 is 23.9 Å². The molecule has 1 unspecified atom stereocenters. The van der Waals surface area contributed by atoms with Crippen molar-refractivity contribution in [1.82, 2.24) is 4.90 Å². The zero-order valence-corrected chi connectivity index (χ0v) is 18.9. The van der Waals surface area contributed by atoms with E-state index in [4.69, 9.17) is 9.47 Å². The normalized spacial score (nSPS) is 15.4. The predicted octanol–water partition coefficient (Wildman–Crippen LogP) is 4.07. The van der Waals surface area contributed by atoms with E-state index in [1.165, 1.54) is 12.0 Å². The molecule has 8 heteroatoms. The second kappa shape index (κ2) is 10.1. The third-order valence-electron chi connectivity index (χ3n) is 5.55. The van der Waals surface area contributed by atoms with Crippen molar-refractivity contribution in [3.05, 3.63) is 84.4 Å². The standard InChI is InChI=1S/C26H25N3O5/c1-33-21-12-6-8-18(14-21)17-28-23(16-24(30)27-19-9-4-3-5-10-19)25(31)29(26(28)32)20-11-7-13-22(15-20)34-2/h3-15,23H,16-17H2,1-2H3,(H,27,30). The lowest BCUT2D eigenvalue weighted by Crippen LogP contribution is -2.37. The third-order valence-corrected chi connectivity index (χ3v) is 5.55. The number of hydrogen-bond acceptors (Lipinski definition) is 5. The van der Waals surface area contributed by atoms with E-state index in [-0.39, 0.29) is 18.9 Å². The summed E-state index contributed by atoms with van der Waals surface area (Å²) in [6.07, 6.45) is -0.177. The zero-order chi connectivity index (χ0) is 24.1. The molecule has 1 saturated heterocycles. The van der Waals surface area contributed by atoms with Crippen LogP contribution in [0.4, 0.5) is 16.2 Å². The van der Waals surface area contributed by atoms with Gasteiger partial charge in [0.1, 0.15) is 17.5 Å². The molecular weight excluding hydrogens is 434 g/mol. The fourth-order valence-corrected chi connectivity index (χ4v) is 3.88. The first kappa shape index (κ1) is 22.8. The van der Waals surface area contributed by atoms with E-state index in [0.29, 0.717) is 22.9 Å². The van der Waals surface area contributed by atoms with E-state index in [9.17, 15) is 14.4 Å². The van der Waals surface area contributed by atoms with Crippen LogP contribution >= 0.6 is 0 Å². The number of anilines is 2. The van der Waals surface area contributed by atoms with Gasteiger partial charge in [0.15, 0.2) is 0 Å². The SMILES string of the molecule is COc1cccc(CN2C(=O)N(c3cccc(OC)c3)C(=O)C2CC(=O)Nc2ccccc2)c1. The molecule has 0 aromatic heterocycles. The van der Waals surface area contributed by atoms with Crippen molar-refractivity contribution in [3.63, 3.8) is 0 Å². The van der Waals surface area contributed by atoms with Crippen molar-refractivity contribution >= 4 is 29.2 Å². The van der Waals surface area contributed by atoms with Crippen LogP contribution in [0, 0.1) is 0 Å². The largest absolute Gasteiger partial charge is 0.497 e. The number of carbonyl (C=O) groups is 3. The van der Waals surface area contributed by atoms with E-state index >= 15 is 0 Å². The van der Waals surface area contributed by atoms with E-state index in [1.54, 1.807) is 67.8 Å². The summed E-state index contributed by atoms with van der Waals surface area (Å²) < 4.78 is 10.5. The quantitative estimate of drug-likeness (QED) is 0.513.